The van der Waals surface area contributed by atoms with Crippen molar-refractivity contribution in [1.29, 1.82) is 5.26 Å². The fourth-order valence-corrected chi connectivity index (χ4v) is 4.79. The first-order valence-electron chi connectivity index (χ1n) is 8.22. The maximum absolute atomic E-state index is 12.2. The lowest BCUT2D eigenvalue weighted by Crippen LogP contribution is -2.64. The van der Waals surface area contributed by atoms with E-state index in [0.29, 0.717) is 12.8 Å². The summed E-state index contributed by atoms with van der Waals surface area (Å²) in [6.45, 7) is 9.95. The highest BCUT2D eigenvalue weighted by atomic mass is 16.5. The molecule has 0 aromatic carbocycles. The van der Waals surface area contributed by atoms with E-state index in [-0.39, 0.29) is 11.5 Å². The minimum Gasteiger partial charge on any atom is -0.468 e. The van der Waals surface area contributed by atoms with Gasteiger partial charge in [0.05, 0.1) is 18.7 Å². The molecule has 2 aliphatic heterocycles. The number of rotatable bonds is 3. The number of esters is 1. The van der Waals surface area contributed by atoms with Crippen LogP contribution in [0, 0.1) is 28.1 Å². The zero-order chi connectivity index (χ0) is 18.3. The van der Waals surface area contributed by atoms with Gasteiger partial charge >= 0.3 is 12.1 Å². The van der Waals surface area contributed by atoms with Crippen LogP contribution in [-0.2, 0) is 9.53 Å². The Balaban J connectivity index is 2.58. The van der Waals surface area contributed by atoms with Gasteiger partial charge in [-0.15, -0.1) is 6.58 Å². The molecule has 1 N–H and O–H groups in total. The van der Waals surface area contributed by atoms with Gasteiger partial charge in [-0.2, -0.15) is 5.26 Å². The van der Waals surface area contributed by atoms with Gasteiger partial charge in [-0.25, -0.2) is 4.79 Å². The molecule has 6 nitrogen and oxygen atoms in total. The summed E-state index contributed by atoms with van der Waals surface area (Å²) >= 11 is 0. The van der Waals surface area contributed by atoms with Crippen LogP contribution >= 0.6 is 0 Å². The molecule has 0 radical (unpaired) electrons. The van der Waals surface area contributed by atoms with Gasteiger partial charge in [0.1, 0.15) is 0 Å². The fraction of sp³-hybridized carbons (Fsp3) is 0.722. The first kappa shape index (κ1) is 18.3. The number of allylic oxidation sites excluding steroid dienone is 1. The molecule has 0 aliphatic carbocycles. The number of fused-ring (bicyclic) bond motifs is 2. The summed E-state index contributed by atoms with van der Waals surface area (Å²) in [5.74, 6) is -1.55. The topological polar surface area (TPSA) is 90.6 Å². The number of amides is 1. The molecule has 6 heteroatoms. The molecule has 132 valence electrons. The number of carboxylic acid groups (broad SMARTS) is 1. The summed E-state index contributed by atoms with van der Waals surface area (Å²) in [5.41, 5.74) is -1.73. The predicted molar refractivity (Wildman–Crippen MR) is 88.1 cm³/mol. The van der Waals surface area contributed by atoms with E-state index in [1.165, 1.54) is 7.11 Å². The van der Waals surface area contributed by atoms with Gasteiger partial charge in [0.2, 0.25) is 0 Å². The molecule has 2 saturated heterocycles. The molecule has 1 unspecified atom stereocenters. The van der Waals surface area contributed by atoms with Crippen molar-refractivity contribution in [2.75, 3.05) is 7.11 Å². The van der Waals surface area contributed by atoms with E-state index >= 15 is 0 Å². The van der Waals surface area contributed by atoms with Gasteiger partial charge in [0.25, 0.3) is 0 Å². The Morgan fingerprint density at radius 1 is 1.50 bits per heavy atom. The molecule has 4 atom stereocenters. The number of hydrogen-bond acceptors (Lipinski definition) is 4. The number of carbonyl (C=O) groups excluding carboxylic acids is 1. The molecule has 0 aromatic heterocycles. The van der Waals surface area contributed by atoms with Gasteiger partial charge < -0.3 is 9.84 Å². The molecular weight excluding hydrogens is 308 g/mol. The molecule has 0 aromatic rings. The van der Waals surface area contributed by atoms with Crippen LogP contribution in [0.5, 0.6) is 0 Å². The first-order valence-corrected chi connectivity index (χ1v) is 8.22. The van der Waals surface area contributed by atoms with Crippen LogP contribution in [0.4, 0.5) is 4.79 Å². The molecule has 1 amide bonds. The smallest absolute Gasteiger partial charge is 0.408 e. The third-order valence-electron chi connectivity index (χ3n) is 6.10. The van der Waals surface area contributed by atoms with Crippen molar-refractivity contribution in [2.24, 2.45) is 16.7 Å². The second kappa shape index (κ2) is 5.80. The molecule has 24 heavy (non-hydrogen) atoms. The lowest BCUT2D eigenvalue weighted by molar-refractivity contribution is -0.150. The second-order valence-corrected chi connectivity index (χ2v) is 8.03. The summed E-state index contributed by atoms with van der Waals surface area (Å²) in [5, 5.41) is 19.4. The van der Waals surface area contributed by atoms with Crippen LogP contribution in [0.15, 0.2) is 12.7 Å². The average Bonchev–Trinajstić information content (AvgIpc) is 2.77. The highest BCUT2D eigenvalue weighted by molar-refractivity contribution is 5.77. The number of hydrogen-bond donors (Lipinski definition) is 1. The number of ether oxygens (including phenoxy) is 1. The van der Waals surface area contributed by atoms with Crippen LogP contribution in [-0.4, -0.2) is 40.8 Å². The Kier molecular flexibility index (Phi) is 4.43. The minimum absolute atomic E-state index is 0.214. The fourth-order valence-electron chi connectivity index (χ4n) is 4.79. The van der Waals surface area contributed by atoms with Crippen molar-refractivity contribution < 1.29 is 19.4 Å². The molecule has 0 saturated carbocycles. The summed E-state index contributed by atoms with van der Waals surface area (Å²) in [4.78, 5) is 25.7. The Morgan fingerprint density at radius 2 is 2.12 bits per heavy atom. The van der Waals surface area contributed by atoms with E-state index in [4.69, 9.17) is 4.74 Å². The maximum atomic E-state index is 12.2. The van der Waals surface area contributed by atoms with Gasteiger partial charge in [-0.05, 0) is 31.1 Å². The van der Waals surface area contributed by atoms with Crippen molar-refractivity contribution in [2.45, 2.75) is 58.0 Å². The van der Waals surface area contributed by atoms with Crippen LogP contribution in [0.25, 0.3) is 0 Å². The zero-order valence-electron chi connectivity index (χ0n) is 14.8. The number of methoxy groups -OCH3 is 1. The van der Waals surface area contributed by atoms with Gasteiger partial charge in [0.15, 0.2) is 5.92 Å². The van der Waals surface area contributed by atoms with Crippen LogP contribution in [0.1, 0.15) is 46.5 Å². The normalized spacial score (nSPS) is 33.5. The quantitative estimate of drug-likeness (QED) is 0.632. The Morgan fingerprint density at radius 3 is 2.54 bits per heavy atom. The zero-order valence-corrected chi connectivity index (χ0v) is 14.8. The lowest BCUT2D eigenvalue weighted by atomic mass is 9.57. The number of piperidine rings is 1. The second-order valence-electron chi connectivity index (χ2n) is 8.03. The van der Waals surface area contributed by atoms with Gasteiger partial charge in [-0.1, -0.05) is 26.8 Å². The maximum Gasteiger partial charge on any atom is 0.408 e. The van der Waals surface area contributed by atoms with E-state index in [0.717, 1.165) is 12.8 Å². The highest BCUT2D eigenvalue weighted by Crippen LogP contribution is 2.60. The van der Waals surface area contributed by atoms with Crippen molar-refractivity contribution in [3.8, 4) is 6.07 Å². The van der Waals surface area contributed by atoms with E-state index < -0.39 is 28.9 Å². The van der Waals surface area contributed by atoms with Crippen molar-refractivity contribution in [3.05, 3.63) is 12.7 Å². The lowest BCUT2D eigenvalue weighted by Gasteiger charge is -2.57. The molecular formula is C18H26N2O4. The third kappa shape index (κ3) is 2.38. The Hall–Kier alpha value is -2.03. The molecule has 0 spiro atoms. The Bertz CT molecular complexity index is 603. The van der Waals surface area contributed by atoms with Gasteiger partial charge in [-0.3, -0.25) is 9.69 Å². The summed E-state index contributed by atoms with van der Waals surface area (Å²) in [6.07, 6.45) is 3.03. The van der Waals surface area contributed by atoms with Crippen LogP contribution < -0.4 is 0 Å². The Labute approximate surface area is 143 Å². The molecule has 2 heterocycles. The average molecular weight is 334 g/mol. The predicted octanol–water partition coefficient (Wildman–Crippen LogP) is 3.19. The molecule has 2 fully saturated rings. The summed E-state index contributed by atoms with van der Waals surface area (Å²) in [7, 11) is 1.27. The minimum atomic E-state index is -0.974. The summed E-state index contributed by atoms with van der Waals surface area (Å²) < 4.78 is 4.83. The van der Waals surface area contributed by atoms with E-state index in [1.54, 1.807) is 11.0 Å². The largest absolute Gasteiger partial charge is 0.468 e. The number of nitrogens with zero attached hydrogens (tertiary/aromatic N) is 2. The monoisotopic (exact) mass is 334 g/mol. The van der Waals surface area contributed by atoms with E-state index in [2.05, 4.69) is 12.6 Å². The number of carbonyl (C=O) groups is 2. The molecule has 2 rings (SSSR count). The molecule has 2 bridgehead atoms. The van der Waals surface area contributed by atoms with Crippen LogP contribution in [0.2, 0.25) is 0 Å². The van der Waals surface area contributed by atoms with E-state index in [9.17, 15) is 20.0 Å². The third-order valence-corrected chi connectivity index (χ3v) is 6.10. The summed E-state index contributed by atoms with van der Waals surface area (Å²) in [6, 6.07) is 1.87. The first-order chi connectivity index (χ1) is 11.1. The van der Waals surface area contributed by atoms with Crippen molar-refractivity contribution in [3.63, 3.8) is 0 Å². The SMILES string of the molecule is C=C[C@@]1(C(C#N)C(=O)OC)C[C@@H]2CC[C@](C(C)(C)C)(C1)N2C(=O)O. The van der Waals surface area contributed by atoms with Gasteiger partial charge in [0, 0.05) is 11.5 Å². The highest BCUT2D eigenvalue weighted by Gasteiger charge is 2.64. The molecule has 2 aliphatic rings. The van der Waals surface area contributed by atoms with E-state index in [1.807, 2.05) is 20.8 Å². The van der Waals surface area contributed by atoms with Crippen LogP contribution in [0.3, 0.4) is 0 Å². The standard InChI is InChI=1S/C18H26N2O4/c1-6-17(13(10-19)14(21)24-5)9-12-7-8-18(11-17,16(2,3)4)20(12)15(22)23/h6,12-13H,1,7-9,11H2,2-5H3,(H,22,23)/t12-,13?,17+,18+/m0/s1. The van der Waals surface area contributed by atoms with Crippen molar-refractivity contribution in [1.82, 2.24) is 4.90 Å². The van der Waals surface area contributed by atoms with Crippen molar-refractivity contribution >= 4 is 12.1 Å². The number of nitriles is 1.